The Morgan fingerprint density at radius 3 is 2.37 bits per heavy atom. The Kier molecular flexibility index (Phi) is 7.09. The van der Waals surface area contributed by atoms with Crippen LogP contribution in [0.15, 0.2) is 29.2 Å². The first-order valence-electron chi connectivity index (χ1n) is 9.77. The Bertz CT molecular complexity index is 745. The quantitative estimate of drug-likeness (QED) is 0.805. The molecule has 0 atom stereocenters. The van der Waals surface area contributed by atoms with Gasteiger partial charge in [0.25, 0.3) is 0 Å². The summed E-state index contributed by atoms with van der Waals surface area (Å²) in [7, 11) is -1.30. The number of nitrogens with zero attached hydrogens (tertiary/aromatic N) is 1. The summed E-state index contributed by atoms with van der Waals surface area (Å²) in [5.74, 6) is 0.410. The highest BCUT2D eigenvalue weighted by Crippen LogP contribution is 2.28. The smallest absolute Gasteiger partial charge is 0.234 e. The van der Waals surface area contributed by atoms with E-state index in [0.717, 1.165) is 31.2 Å². The number of rotatable bonds is 6. The molecule has 0 radical (unpaired) electrons. The lowest BCUT2D eigenvalue weighted by Gasteiger charge is -2.33. The molecular weight excluding hydrogens is 360 g/mol. The SMILES string of the molecule is Cc1cccc(S(=O)(=O)CC2CCC(NC(=O)CN(C)C(C)(C)C)CC2)c1. The lowest BCUT2D eigenvalue weighted by molar-refractivity contribution is -0.124. The molecule has 1 amide bonds. The van der Waals surface area contributed by atoms with Crippen LogP contribution in [0.5, 0.6) is 0 Å². The molecule has 0 aromatic heterocycles. The van der Waals surface area contributed by atoms with Crippen LogP contribution in [-0.4, -0.2) is 50.2 Å². The molecule has 0 unspecified atom stereocenters. The van der Waals surface area contributed by atoms with Gasteiger partial charge in [0.05, 0.1) is 17.2 Å². The maximum atomic E-state index is 12.7. The summed E-state index contributed by atoms with van der Waals surface area (Å²) in [4.78, 5) is 14.7. The highest BCUT2D eigenvalue weighted by atomic mass is 32.2. The second-order valence-corrected chi connectivity index (χ2v) is 10.9. The predicted octanol–water partition coefficient (Wildman–Crippen LogP) is 3.17. The molecule has 0 spiro atoms. The molecule has 1 N–H and O–H groups in total. The molecule has 6 heteroatoms. The molecule has 1 aliphatic rings. The molecule has 0 aliphatic heterocycles. The van der Waals surface area contributed by atoms with E-state index >= 15 is 0 Å². The van der Waals surface area contributed by atoms with E-state index in [2.05, 4.69) is 26.1 Å². The highest BCUT2D eigenvalue weighted by molar-refractivity contribution is 7.91. The summed E-state index contributed by atoms with van der Waals surface area (Å²) < 4.78 is 25.3. The number of hydrogen-bond donors (Lipinski definition) is 1. The maximum Gasteiger partial charge on any atom is 0.234 e. The lowest BCUT2D eigenvalue weighted by atomic mass is 9.87. The predicted molar refractivity (Wildman–Crippen MR) is 110 cm³/mol. The largest absolute Gasteiger partial charge is 0.352 e. The fraction of sp³-hybridized carbons (Fsp3) is 0.667. The molecule has 152 valence electrons. The summed E-state index contributed by atoms with van der Waals surface area (Å²) in [5, 5.41) is 3.11. The highest BCUT2D eigenvalue weighted by Gasteiger charge is 2.28. The summed E-state index contributed by atoms with van der Waals surface area (Å²) in [6, 6.07) is 7.28. The van der Waals surface area contributed by atoms with Gasteiger partial charge in [-0.2, -0.15) is 0 Å². The van der Waals surface area contributed by atoms with Crippen LogP contribution >= 0.6 is 0 Å². The van der Waals surface area contributed by atoms with Gasteiger partial charge >= 0.3 is 0 Å². The molecule has 1 aromatic carbocycles. The zero-order valence-corrected chi connectivity index (χ0v) is 18.1. The Balaban J connectivity index is 1.82. The van der Waals surface area contributed by atoms with E-state index in [1.165, 1.54) is 0 Å². The van der Waals surface area contributed by atoms with Crippen LogP contribution in [0.2, 0.25) is 0 Å². The summed E-state index contributed by atoms with van der Waals surface area (Å²) in [6.07, 6.45) is 3.37. The molecule has 1 saturated carbocycles. The van der Waals surface area contributed by atoms with Crippen molar-refractivity contribution in [2.45, 2.75) is 69.9 Å². The third kappa shape index (κ3) is 6.61. The Morgan fingerprint density at radius 2 is 1.81 bits per heavy atom. The number of sulfone groups is 1. The van der Waals surface area contributed by atoms with Crippen molar-refractivity contribution in [3.8, 4) is 0 Å². The topological polar surface area (TPSA) is 66.5 Å². The van der Waals surface area contributed by atoms with Gasteiger partial charge in [0.15, 0.2) is 9.84 Å². The molecular formula is C21H34N2O3S. The minimum Gasteiger partial charge on any atom is -0.352 e. The molecule has 2 rings (SSSR count). The maximum absolute atomic E-state index is 12.7. The van der Waals surface area contributed by atoms with Crippen LogP contribution in [-0.2, 0) is 14.6 Å². The van der Waals surface area contributed by atoms with E-state index in [4.69, 9.17) is 0 Å². The van der Waals surface area contributed by atoms with E-state index in [9.17, 15) is 13.2 Å². The van der Waals surface area contributed by atoms with Crippen LogP contribution in [0.4, 0.5) is 0 Å². The van der Waals surface area contributed by atoms with E-state index in [0.29, 0.717) is 11.4 Å². The number of carbonyl (C=O) groups is 1. The van der Waals surface area contributed by atoms with E-state index in [1.54, 1.807) is 18.2 Å². The van der Waals surface area contributed by atoms with Gasteiger partial charge in [-0.25, -0.2) is 8.42 Å². The Morgan fingerprint density at radius 1 is 1.19 bits per heavy atom. The van der Waals surface area contributed by atoms with Gasteiger partial charge in [-0.05, 0) is 84.0 Å². The first-order valence-corrected chi connectivity index (χ1v) is 11.4. The van der Waals surface area contributed by atoms with Crippen molar-refractivity contribution in [2.75, 3.05) is 19.3 Å². The number of carbonyl (C=O) groups excluding carboxylic acids is 1. The third-order valence-corrected chi connectivity index (χ3v) is 7.42. The fourth-order valence-corrected chi connectivity index (χ4v) is 5.21. The van der Waals surface area contributed by atoms with Crippen LogP contribution in [0.25, 0.3) is 0 Å². The molecule has 1 aromatic rings. The molecule has 5 nitrogen and oxygen atoms in total. The van der Waals surface area contributed by atoms with Crippen molar-refractivity contribution < 1.29 is 13.2 Å². The number of nitrogens with one attached hydrogen (secondary N) is 1. The van der Waals surface area contributed by atoms with Crippen molar-refractivity contribution >= 4 is 15.7 Å². The standard InChI is InChI=1S/C21H34N2O3S/c1-16-7-6-8-19(13-16)27(25,26)15-17-9-11-18(12-10-17)22-20(24)14-23(5)21(2,3)4/h6-8,13,17-18H,9-12,14-15H2,1-5H3,(H,22,24). The van der Waals surface area contributed by atoms with E-state index in [1.807, 2.05) is 24.9 Å². The van der Waals surface area contributed by atoms with Crippen molar-refractivity contribution in [2.24, 2.45) is 5.92 Å². The van der Waals surface area contributed by atoms with Crippen LogP contribution < -0.4 is 5.32 Å². The lowest BCUT2D eigenvalue weighted by Crippen LogP contribution is -2.47. The van der Waals surface area contributed by atoms with E-state index in [-0.39, 0.29) is 29.2 Å². The zero-order chi connectivity index (χ0) is 20.2. The molecule has 1 aliphatic carbocycles. The van der Waals surface area contributed by atoms with Crippen LogP contribution in [0.3, 0.4) is 0 Å². The van der Waals surface area contributed by atoms with Gasteiger partial charge in [-0.15, -0.1) is 0 Å². The van der Waals surface area contributed by atoms with Crippen LogP contribution in [0.1, 0.15) is 52.0 Å². The Labute approximate surface area is 164 Å². The van der Waals surface area contributed by atoms with Gasteiger partial charge in [-0.3, -0.25) is 9.69 Å². The van der Waals surface area contributed by atoms with Gasteiger partial charge in [0, 0.05) is 11.6 Å². The molecule has 0 heterocycles. The second-order valence-electron chi connectivity index (χ2n) is 8.91. The van der Waals surface area contributed by atoms with E-state index < -0.39 is 9.84 Å². The normalized spacial score (nSPS) is 21.3. The molecule has 27 heavy (non-hydrogen) atoms. The van der Waals surface area contributed by atoms with Gasteiger partial charge in [-0.1, -0.05) is 12.1 Å². The summed E-state index contributed by atoms with van der Waals surface area (Å²) in [5.41, 5.74) is 0.918. The first-order chi connectivity index (χ1) is 12.5. The van der Waals surface area contributed by atoms with Crippen molar-refractivity contribution in [3.05, 3.63) is 29.8 Å². The van der Waals surface area contributed by atoms with Crippen molar-refractivity contribution in [1.29, 1.82) is 0 Å². The average molecular weight is 395 g/mol. The first kappa shape index (κ1) is 21.9. The number of amides is 1. The second kappa shape index (κ2) is 8.74. The average Bonchev–Trinajstić information content (AvgIpc) is 2.55. The molecule has 0 bridgehead atoms. The summed E-state index contributed by atoms with van der Waals surface area (Å²) in [6.45, 7) is 8.54. The Hall–Kier alpha value is -1.40. The number of hydrogen-bond acceptors (Lipinski definition) is 4. The number of benzene rings is 1. The minimum absolute atomic E-state index is 0.0425. The number of likely N-dealkylation sites (N-methyl/N-ethyl adjacent to an activating group) is 1. The van der Waals surface area contributed by atoms with Crippen LogP contribution in [0, 0.1) is 12.8 Å². The summed E-state index contributed by atoms with van der Waals surface area (Å²) >= 11 is 0. The molecule has 1 fully saturated rings. The van der Waals surface area contributed by atoms with Gasteiger partial charge < -0.3 is 5.32 Å². The zero-order valence-electron chi connectivity index (χ0n) is 17.3. The van der Waals surface area contributed by atoms with Crippen molar-refractivity contribution in [3.63, 3.8) is 0 Å². The number of aryl methyl sites for hydroxylation is 1. The van der Waals surface area contributed by atoms with Crippen molar-refractivity contribution in [1.82, 2.24) is 10.2 Å². The van der Waals surface area contributed by atoms with Gasteiger partial charge in [0.2, 0.25) is 5.91 Å². The monoisotopic (exact) mass is 394 g/mol. The third-order valence-electron chi connectivity index (χ3n) is 5.54. The van der Waals surface area contributed by atoms with Gasteiger partial charge in [0.1, 0.15) is 0 Å². The minimum atomic E-state index is -3.25. The fourth-order valence-electron chi connectivity index (χ4n) is 3.41. The molecule has 0 saturated heterocycles.